The predicted octanol–water partition coefficient (Wildman–Crippen LogP) is 3.10. The molecule has 0 radical (unpaired) electrons. The summed E-state index contributed by atoms with van der Waals surface area (Å²) in [4.78, 5) is 7.90. The van der Waals surface area contributed by atoms with Gasteiger partial charge in [0, 0.05) is 18.5 Å². The molecule has 6 heteroatoms. The Morgan fingerprint density at radius 3 is 2.76 bits per heavy atom. The van der Waals surface area contributed by atoms with Crippen LogP contribution >= 0.6 is 22.9 Å². The fraction of sp³-hybridized carbons (Fsp3) is 0.667. The number of rotatable bonds is 5. The van der Waals surface area contributed by atoms with Crippen molar-refractivity contribution in [3.63, 3.8) is 0 Å². The first-order chi connectivity index (χ1) is 10.0. The third kappa shape index (κ3) is 4.87. The number of halogens is 1. The van der Waals surface area contributed by atoms with E-state index < -0.39 is 5.60 Å². The molecule has 2 N–H and O–H groups in total. The normalized spacial score (nSPS) is 18.0. The van der Waals surface area contributed by atoms with E-state index in [1.54, 1.807) is 11.3 Å². The largest absolute Gasteiger partial charge is 0.388 e. The summed E-state index contributed by atoms with van der Waals surface area (Å²) in [5.41, 5.74) is -0.603. The lowest BCUT2D eigenvalue weighted by molar-refractivity contribution is 0.0572. The lowest BCUT2D eigenvalue weighted by atomic mass is 10.0. The third-order valence-corrected chi connectivity index (χ3v) is 4.99. The van der Waals surface area contributed by atoms with Gasteiger partial charge in [0.15, 0.2) is 5.96 Å². The van der Waals surface area contributed by atoms with Gasteiger partial charge in [0.2, 0.25) is 0 Å². The maximum Gasteiger partial charge on any atom is 0.194 e. The summed E-state index contributed by atoms with van der Waals surface area (Å²) in [6.45, 7) is 4.11. The van der Waals surface area contributed by atoms with Crippen molar-refractivity contribution in [2.45, 2.75) is 44.8 Å². The number of nitrogens with one attached hydrogen (secondary N) is 1. The average molecular weight is 330 g/mol. The van der Waals surface area contributed by atoms with E-state index in [0.29, 0.717) is 6.54 Å². The number of aliphatic imine (C=N–C) groups is 1. The molecular weight excluding hydrogens is 306 g/mol. The lowest BCUT2D eigenvalue weighted by Gasteiger charge is -2.24. The van der Waals surface area contributed by atoms with Gasteiger partial charge in [-0.15, -0.1) is 11.3 Å². The minimum absolute atomic E-state index is 0.477. The van der Waals surface area contributed by atoms with Gasteiger partial charge in [-0.2, -0.15) is 0 Å². The SMILES string of the molecule is CCNC(=NCC1(O)CCCC1)N(C)Cc1ccc(Cl)s1. The Morgan fingerprint density at radius 1 is 1.48 bits per heavy atom. The van der Waals surface area contributed by atoms with E-state index in [0.717, 1.165) is 49.1 Å². The Kier molecular flexibility index (Phi) is 5.90. The molecule has 0 spiro atoms. The monoisotopic (exact) mass is 329 g/mol. The van der Waals surface area contributed by atoms with Crippen LogP contribution < -0.4 is 5.32 Å². The molecule has 2 rings (SSSR count). The Labute approximate surface area is 135 Å². The summed E-state index contributed by atoms with van der Waals surface area (Å²) in [6, 6.07) is 3.96. The molecule has 4 nitrogen and oxygen atoms in total. The molecule has 1 heterocycles. The highest BCUT2D eigenvalue weighted by atomic mass is 35.5. The van der Waals surface area contributed by atoms with Crippen LogP contribution in [0.5, 0.6) is 0 Å². The molecule has 21 heavy (non-hydrogen) atoms. The number of nitrogens with zero attached hydrogens (tertiary/aromatic N) is 2. The van der Waals surface area contributed by atoms with Gasteiger partial charge in [-0.25, -0.2) is 0 Å². The second-order valence-corrected chi connectivity index (χ2v) is 7.46. The van der Waals surface area contributed by atoms with E-state index in [1.165, 1.54) is 4.88 Å². The van der Waals surface area contributed by atoms with Gasteiger partial charge in [0.1, 0.15) is 0 Å². The first-order valence-electron chi connectivity index (χ1n) is 7.48. The minimum atomic E-state index is -0.603. The summed E-state index contributed by atoms with van der Waals surface area (Å²) in [6.07, 6.45) is 3.93. The molecule has 0 aliphatic heterocycles. The molecule has 1 saturated carbocycles. The van der Waals surface area contributed by atoms with Crippen LogP contribution in [0.2, 0.25) is 4.34 Å². The quantitative estimate of drug-likeness (QED) is 0.644. The summed E-state index contributed by atoms with van der Waals surface area (Å²) in [7, 11) is 2.01. The van der Waals surface area contributed by atoms with Gasteiger partial charge in [-0.1, -0.05) is 24.4 Å². The van der Waals surface area contributed by atoms with Crippen LogP contribution in [0.4, 0.5) is 0 Å². The second kappa shape index (κ2) is 7.47. The van der Waals surface area contributed by atoms with Crippen LogP contribution in [0.3, 0.4) is 0 Å². The van der Waals surface area contributed by atoms with Crippen molar-refractivity contribution >= 4 is 28.9 Å². The Hall–Kier alpha value is -0.780. The molecule has 1 aliphatic carbocycles. The van der Waals surface area contributed by atoms with E-state index in [9.17, 15) is 5.11 Å². The molecular formula is C15H24ClN3OS. The van der Waals surface area contributed by atoms with Crippen molar-refractivity contribution in [1.82, 2.24) is 10.2 Å². The summed E-state index contributed by atoms with van der Waals surface area (Å²) in [5.74, 6) is 0.836. The molecule has 118 valence electrons. The third-order valence-electron chi connectivity index (χ3n) is 3.78. The van der Waals surface area contributed by atoms with E-state index in [2.05, 4.69) is 22.1 Å². The van der Waals surface area contributed by atoms with Gasteiger partial charge >= 0.3 is 0 Å². The van der Waals surface area contributed by atoms with Gasteiger partial charge in [-0.3, -0.25) is 4.99 Å². The highest BCUT2D eigenvalue weighted by molar-refractivity contribution is 7.16. The maximum atomic E-state index is 10.4. The highest BCUT2D eigenvalue weighted by Crippen LogP contribution is 2.29. The van der Waals surface area contributed by atoms with E-state index in [4.69, 9.17) is 11.6 Å². The molecule has 1 aromatic heterocycles. The molecule has 0 saturated heterocycles. The number of thiophene rings is 1. The van der Waals surface area contributed by atoms with Gasteiger partial charge in [0.05, 0.1) is 23.0 Å². The number of hydrogen-bond donors (Lipinski definition) is 2. The molecule has 0 amide bonds. The molecule has 1 aliphatic rings. The van der Waals surface area contributed by atoms with Crippen molar-refractivity contribution in [3.05, 3.63) is 21.3 Å². The van der Waals surface area contributed by atoms with E-state index in [1.807, 2.05) is 19.2 Å². The van der Waals surface area contributed by atoms with Crippen molar-refractivity contribution < 1.29 is 5.11 Å². The van der Waals surface area contributed by atoms with Gasteiger partial charge < -0.3 is 15.3 Å². The topological polar surface area (TPSA) is 47.9 Å². The van der Waals surface area contributed by atoms with Crippen LogP contribution in [-0.2, 0) is 6.54 Å². The molecule has 1 fully saturated rings. The van der Waals surface area contributed by atoms with Crippen molar-refractivity contribution in [2.24, 2.45) is 4.99 Å². The molecule has 1 aromatic rings. The fourth-order valence-electron chi connectivity index (χ4n) is 2.63. The zero-order chi connectivity index (χ0) is 15.3. The predicted molar refractivity (Wildman–Crippen MR) is 90.2 cm³/mol. The Morgan fingerprint density at radius 2 is 2.19 bits per heavy atom. The van der Waals surface area contributed by atoms with Crippen molar-refractivity contribution in [3.8, 4) is 0 Å². The summed E-state index contributed by atoms with van der Waals surface area (Å²) >= 11 is 7.56. The summed E-state index contributed by atoms with van der Waals surface area (Å²) < 4.78 is 0.806. The van der Waals surface area contributed by atoms with E-state index in [-0.39, 0.29) is 0 Å². The zero-order valence-corrected chi connectivity index (χ0v) is 14.3. The van der Waals surface area contributed by atoms with Crippen LogP contribution in [-0.4, -0.2) is 41.7 Å². The number of guanidine groups is 1. The average Bonchev–Trinajstić information content (AvgIpc) is 3.04. The minimum Gasteiger partial charge on any atom is -0.388 e. The number of aliphatic hydroxyl groups is 1. The van der Waals surface area contributed by atoms with Crippen LogP contribution in [0.25, 0.3) is 0 Å². The molecule has 0 atom stereocenters. The van der Waals surface area contributed by atoms with Gasteiger partial charge in [-0.05, 0) is 31.9 Å². The maximum absolute atomic E-state index is 10.4. The zero-order valence-electron chi connectivity index (χ0n) is 12.7. The van der Waals surface area contributed by atoms with Crippen LogP contribution in [0, 0.1) is 0 Å². The highest BCUT2D eigenvalue weighted by Gasteiger charge is 2.30. The lowest BCUT2D eigenvalue weighted by Crippen LogP contribution is -2.40. The van der Waals surface area contributed by atoms with Crippen molar-refractivity contribution in [1.29, 1.82) is 0 Å². The molecule has 0 unspecified atom stereocenters. The van der Waals surface area contributed by atoms with Crippen molar-refractivity contribution in [2.75, 3.05) is 20.1 Å². The Bertz CT molecular complexity index is 483. The fourth-order valence-corrected chi connectivity index (χ4v) is 3.77. The van der Waals surface area contributed by atoms with Crippen LogP contribution in [0.15, 0.2) is 17.1 Å². The standard InChI is InChI=1S/C15H24ClN3OS/c1-3-17-14(18-11-15(20)8-4-5-9-15)19(2)10-12-6-7-13(16)21-12/h6-7,20H,3-5,8-11H2,1-2H3,(H,17,18). The molecule has 0 aromatic carbocycles. The van der Waals surface area contributed by atoms with E-state index >= 15 is 0 Å². The molecule has 0 bridgehead atoms. The second-order valence-electron chi connectivity index (χ2n) is 5.66. The first kappa shape index (κ1) is 16.6. The summed E-state index contributed by atoms with van der Waals surface area (Å²) in [5, 5.41) is 13.7. The smallest absolute Gasteiger partial charge is 0.194 e. The van der Waals surface area contributed by atoms with Crippen LogP contribution in [0.1, 0.15) is 37.5 Å². The van der Waals surface area contributed by atoms with Gasteiger partial charge in [0.25, 0.3) is 0 Å². The number of hydrogen-bond acceptors (Lipinski definition) is 3. The Balaban J connectivity index is 1.99. The first-order valence-corrected chi connectivity index (χ1v) is 8.68.